The minimum absolute atomic E-state index is 0.00254. The van der Waals surface area contributed by atoms with E-state index in [2.05, 4.69) is 74.1 Å². The van der Waals surface area contributed by atoms with Gasteiger partial charge < -0.3 is 122 Å². The summed E-state index contributed by atoms with van der Waals surface area (Å²) in [6.45, 7) is 13.3. The van der Waals surface area contributed by atoms with Crippen molar-refractivity contribution in [1.82, 2.24) is 83.8 Å². The van der Waals surface area contributed by atoms with E-state index < -0.39 is 257 Å². The average Bonchev–Trinajstić information content (AvgIpc) is 1.61. The van der Waals surface area contributed by atoms with Crippen LogP contribution in [0.5, 0.6) is 0 Å². The number of aliphatic hydroxyl groups is 2. The minimum Gasteiger partial charge on any atom is -0.481 e. The number of amides is 17. The zero-order chi connectivity index (χ0) is 91.4. The van der Waals surface area contributed by atoms with Crippen LogP contribution in [0.25, 0.3) is 0 Å². The molecular weight excluding hydrogens is 1640 g/mol. The van der Waals surface area contributed by atoms with Crippen LogP contribution < -0.4 is 92.1 Å². The molecule has 0 radical (unpaired) electrons. The van der Waals surface area contributed by atoms with Crippen molar-refractivity contribution in [2.75, 3.05) is 51.7 Å². The topological polar surface area (TPSA) is 650 Å². The summed E-state index contributed by atoms with van der Waals surface area (Å²) in [5, 5.41) is 65.5. The lowest BCUT2D eigenvalue weighted by molar-refractivity contribution is -0.150. The fourth-order valence-corrected chi connectivity index (χ4v) is 18.8. The molecule has 44 heteroatoms. The quantitative estimate of drug-likeness (QED) is 0.0280. The molecule has 5 heterocycles. The predicted octanol–water partition coefficient (Wildman–Crippen LogP) is -5.05. The summed E-state index contributed by atoms with van der Waals surface area (Å²) >= 11 is 0. The lowest BCUT2D eigenvalue weighted by atomic mass is 9.84. The molecule has 42 nitrogen and oxygen atoms in total. The van der Waals surface area contributed by atoms with Gasteiger partial charge in [-0.25, -0.2) is 0 Å². The Kier molecular flexibility index (Phi) is 40.3. The van der Waals surface area contributed by atoms with E-state index in [1.54, 1.807) is 55.4 Å². The smallest absolute Gasteiger partial charge is 0.305 e. The van der Waals surface area contributed by atoms with Crippen molar-refractivity contribution >= 4 is 134 Å². The molecule has 24 N–H and O–H groups in total. The first-order valence-corrected chi connectivity index (χ1v) is 45.1. The largest absolute Gasteiger partial charge is 0.481 e. The van der Waals surface area contributed by atoms with Crippen molar-refractivity contribution in [2.24, 2.45) is 57.5 Å². The second kappa shape index (κ2) is 48.5. The van der Waals surface area contributed by atoms with E-state index in [1.165, 1.54) is 23.6 Å². The van der Waals surface area contributed by atoms with Gasteiger partial charge in [-0.2, -0.15) is 0 Å². The fraction of sp³-hybridized carbons (Fsp3) is 0.759. The SMILES string of the molecule is CC[C@H](C)[C@@H]1NC(=O)CNC(=O)[C@@H](N)CCC(=O)NCCC[C@@H](C(N)=O)NC(=O)[C@@H](CC(=O)O)NC(=O)[C@H]2CCCN2C(=O)[C@H]([C@@H](C)CC)NC(=O)[C@H]2NC(=O)[C@H]([C@@H](C)CC)NC(=O)[C@@H]3C[C@@H]4CCCC[C@@H]4N3C(=O)[C@@H]3CCCN3C(=O)[C@H](CC(C)C)NC(=O)[C@H](CO)NC(=O)[C@H](CCCN=C(N)N)NC(=O)[C@H](CO)NC(=O)[C@H](CSSC2(C)C)NC1=O. The third kappa shape index (κ3) is 29.2. The molecule has 123 heavy (non-hydrogen) atoms. The monoisotopic (exact) mass is 1770 g/mol. The van der Waals surface area contributed by atoms with Gasteiger partial charge in [0, 0.05) is 49.1 Å². The third-order valence-electron chi connectivity index (χ3n) is 23.7. The number of carboxylic acid groups (broad SMARTS) is 1. The number of fused-ring (bicyclic) bond motifs is 10. The molecule has 0 unspecified atom stereocenters. The summed E-state index contributed by atoms with van der Waals surface area (Å²) in [6, 6.07) is -23.9. The number of aliphatic carboxylic acids is 1. The molecule has 690 valence electrons. The number of nitrogens with two attached hydrogens (primary N) is 4. The average molecular weight is 1780 g/mol. The van der Waals surface area contributed by atoms with Gasteiger partial charge in [0.05, 0.1) is 32.2 Å². The van der Waals surface area contributed by atoms with Crippen molar-refractivity contribution in [3.63, 3.8) is 0 Å². The van der Waals surface area contributed by atoms with Crippen LogP contribution in [0.4, 0.5) is 0 Å². The molecule has 1 saturated carbocycles. The molecule has 20 atom stereocenters. The van der Waals surface area contributed by atoms with E-state index in [0.717, 1.165) is 32.9 Å². The standard InChI is InChI=1S/C79H131N21O21S2/c1-11-40(6)59-72(116)93-51-38-122-123-79(9,10)62(74(118)96-61(42(8)13-3)77(121)98-30-18-24-53(98)70(114)89-47(34-58(105)106)66(110)87-45(63(81)107)21-16-28-84-56(103)27-26-44(80)64(108)86-35-57(104)94-59)97-73(117)60(41(7)12-2)95-71(115)55-33-43-20-14-15-23-52(43)100(55)76(120)54-25-19-31-99(54)75(119)48(32-39(4)5)90-68(112)50(37-102)91-65(109)46(22-17-29-85-78(82)83)88-67(111)49(36-101)92-69(51)113/h39-55,59-62,101-102H,11-38,80H2,1-10H3,(H2,81,107)(H,84,103)(H,86,108)(H,87,110)(H,88,111)(H,89,114)(H,90,112)(H,91,109)(H,92,113)(H,93,116)(H,94,104)(H,95,115)(H,96,118)(H,97,117)(H,105,106)(H4,82,83,85)/t40-,41-,42-,43-,44-,45-,46-,47+,48-,49-,50-,51-,52-,53+,54-,55-,59-,60-,61-,62+/m0/s1. The second-order valence-electron chi connectivity index (χ2n) is 33.8. The lowest BCUT2D eigenvalue weighted by Gasteiger charge is -2.39. The Morgan fingerprint density at radius 2 is 1.06 bits per heavy atom. The van der Waals surface area contributed by atoms with Crippen molar-refractivity contribution in [2.45, 2.75) is 299 Å². The predicted molar refractivity (Wildman–Crippen MR) is 452 cm³/mol. The van der Waals surface area contributed by atoms with Crippen molar-refractivity contribution < 1.29 is 102 Å². The second-order valence-corrected chi connectivity index (χ2v) is 36.8. The van der Waals surface area contributed by atoms with E-state index in [-0.39, 0.29) is 134 Å². The molecule has 0 aromatic heterocycles. The Labute approximate surface area is 724 Å². The molecule has 5 aliphatic heterocycles. The lowest BCUT2D eigenvalue weighted by Crippen LogP contribution is -2.65. The highest BCUT2D eigenvalue weighted by molar-refractivity contribution is 8.77. The highest BCUT2D eigenvalue weighted by atomic mass is 33.1. The van der Waals surface area contributed by atoms with E-state index in [0.29, 0.717) is 25.7 Å². The molecular formula is C79H131N21O21S2. The van der Waals surface area contributed by atoms with Crippen LogP contribution >= 0.6 is 21.6 Å². The number of hydrogen-bond acceptors (Lipinski definition) is 24. The van der Waals surface area contributed by atoms with Crippen LogP contribution in [0.1, 0.15) is 198 Å². The number of carbonyl (C=O) groups excluding carboxylic acids is 17. The molecule has 5 saturated heterocycles. The van der Waals surface area contributed by atoms with Crippen molar-refractivity contribution in [3.05, 3.63) is 0 Å². The van der Waals surface area contributed by atoms with Gasteiger partial charge in [-0.05, 0) is 127 Å². The number of carboxylic acids is 1. The number of primary amides is 1. The van der Waals surface area contributed by atoms with Gasteiger partial charge >= 0.3 is 5.97 Å². The maximum atomic E-state index is 15.9. The summed E-state index contributed by atoms with van der Waals surface area (Å²) in [7, 11) is 1.66. The maximum Gasteiger partial charge on any atom is 0.305 e. The van der Waals surface area contributed by atoms with Gasteiger partial charge in [0.1, 0.15) is 84.6 Å². The van der Waals surface area contributed by atoms with Crippen LogP contribution in [0.2, 0.25) is 0 Å². The summed E-state index contributed by atoms with van der Waals surface area (Å²) < 4.78 is -1.67. The molecule has 6 rings (SSSR count). The third-order valence-corrected chi connectivity index (χ3v) is 27.0. The van der Waals surface area contributed by atoms with E-state index in [4.69, 9.17) is 22.9 Å². The van der Waals surface area contributed by atoms with Gasteiger partial charge in [0.2, 0.25) is 100 Å². The van der Waals surface area contributed by atoms with Crippen molar-refractivity contribution in [1.29, 1.82) is 0 Å². The van der Waals surface area contributed by atoms with Gasteiger partial charge in [-0.15, -0.1) is 0 Å². The van der Waals surface area contributed by atoms with Crippen LogP contribution in [0.3, 0.4) is 0 Å². The van der Waals surface area contributed by atoms with Crippen LogP contribution in [-0.4, -0.2) is 295 Å². The molecule has 1 aliphatic carbocycles. The highest BCUT2D eigenvalue weighted by Crippen LogP contribution is 2.43. The van der Waals surface area contributed by atoms with Crippen molar-refractivity contribution in [3.8, 4) is 0 Å². The Balaban J connectivity index is 1.54. The first-order valence-electron chi connectivity index (χ1n) is 42.8. The van der Waals surface area contributed by atoms with Gasteiger partial charge in [-0.3, -0.25) is 91.3 Å². The summed E-state index contributed by atoms with van der Waals surface area (Å²) in [6.07, 6.45) is 1.89. The number of aliphatic hydroxyl groups excluding tert-OH is 2. The zero-order valence-electron chi connectivity index (χ0n) is 72.0. The number of nitrogens with zero attached hydrogens (tertiary/aromatic N) is 4. The molecule has 0 aromatic rings. The maximum absolute atomic E-state index is 15.9. The van der Waals surface area contributed by atoms with E-state index in [1.807, 2.05) is 0 Å². The first kappa shape index (κ1) is 102. The van der Waals surface area contributed by atoms with Gasteiger partial charge in [0.25, 0.3) is 0 Å². The minimum atomic E-state index is -1.98. The Morgan fingerprint density at radius 3 is 1.66 bits per heavy atom. The molecule has 2 bridgehead atoms. The number of aliphatic imine (C=N–C) groups is 1. The van der Waals surface area contributed by atoms with Crippen LogP contribution in [0.15, 0.2) is 4.99 Å². The number of rotatable bonds is 17. The molecule has 0 spiro atoms. The number of nitrogens with one attached hydrogen (secondary N) is 13. The molecule has 0 aromatic carbocycles. The summed E-state index contributed by atoms with van der Waals surface area (Å²) in [5.74, 6) is -21.1. The normalized spacial score (nSPS) is 30.6. The van der Waals surface area contributed by atoms with E-state index >= 15 is 33.6 Å². The van der Waals surface area contributed by atoms with Gasteiger partial charge in [0.15, 0.2) is 5.96 Å². The Morgan fingerprint density at radius 1 is 0.520 bits per heavy atom. The zero-order valence-corrected chi connectivity index (χ0v) is 73.7. The Hall–Kier alpha value is -9.69. The summed E-state index contributed by atoms with van der Waals surface area (Å²) in [5.41, 5.74) is 23.0. The molecule has 6 aliphatic rings. The number of guanidine groups is 1. The molecule has 17 amide bonds. The number of hydrogen-bond donors (Lipinski definition) is 20. The molecule has 6 fully saturated rings. The fourth-order valence-electron chi connectivity index (χ4n) is 16.0. The van der Waals surface area contributed by atoms with E-state index in [9.17, 15) is 68.1 Å². The summed E-state index contributed by atoms with van der Waals surface area (Å²) in [4.78, 5) is 269. The van der Waals surface area contributed by atoms with Crippen LogP contribution in [-0.2, 0) is 86.3 Å². The van der Waals surface area contributed by atoms with Crippen LogP contribution in [0, 0.1) is 29.6 Å². The Bertz CT molecular complexity index is 3820. The van der Waals surface area contributed by atoms with Gasteiger partial charge in [-0.1, -0.05) is 109 Å². The first-order chi connectivity index (χ1) is 58.1. The highest BCUT2D eigenvalue weighted by Gasteiger charge is 2.53. The number of carbonyl (C=O) groups is 18.